The molecule has 0 fully saturated rings. The van der Waals surface area contributed by atoms with E-state index in [9.17, 15) is 0 Å². The zero-order valence-electron chi connectivity index (χ0n) is 53.2. The third kappa shape index (κ3) is 84.7. The molecule has 9 rings (SSSR count). The van der Waals surface area contributed by atoms with E-state index in [-0.39, 0.29) is 993 Å². The molecule has 0 spiro atoms. The summed E-state index contributed by atoms with van der Waals surface area (Å²) in [6.07, 6.45) is 24.5. The van der Waals surface area contributed by atoms with Crippen LogP contribution in [0, 0.1) is 133 Å². The van der Waals surface area contributed by atoms with E-state index in [0.717, 1.165) is 31.6 Å². The molecular weight excluding hydrogens is 3240 g/mol. The van der Waals surface area contributed by atoms with Gasteiger partial charge in [0.1, 0.15) is 0 Å². The molecule has 0 nitrogen and oxygen atoms in total. The zero-order valence-corrected chi connectivity index (χ0v) is 136. The summed E-state index contributed by atoms with van der Waals surface area (Å²) in [4.78, 5) is 0. The minimum Gasteiger partial charge on any atom is -0.490 e. The summed E-state index contributed by atoms with van der Waals surface area (Å²) >= 11 is 0. The Bertz CT molecular complexity index is 1990. The van der Waals surface area contributed by atoms with Crippen molar-refractivity contribution in [1.82, 2.24) is 0 Å². The predicted octanol–water partition coefficient (Wildman–Crippen LogP) is 13.7. The largest absolute Gasteiger partial charge is 0.490 e. The second kappa shape index (κ2) is 124. The maximum atomic E-state index is 3.51. The van der Waals surface area contributed by atoms with Crippen LogP contribution < -0.4 is 0 Å². The number of hydrogen-bond donors (Lipinski definition) is 0. The van der Waals surface area contributed by atoms with Crippen molar-refractivity contribution < 1.29 is 949 Å². The maximum Gasteiger partial charge on any atom is 0 e. The molecule has 0 bridgehead atoms. The molecule has 0 aromatic heterocycles. The van der Waals surface area contributed by atoms with E-state index in [0.29, 0.717) is 11.8 Å². The van der Waals surface area contributed by atoms with Crippen LogP contribution in [-0.2, 0) is 981 Å². The molecule has 5 aliphatic rings. The summed E-state index contributed by atoms with van der Waals surface area (Å²) in [7, 11) is 0. The van der Waals surface area contributed by atoms with Crippen LogP contribution in [0.1, 0.15) is 94.0 Å². The van der Waals surface area contributed by atoms with Crippen molar-refractivity contribution in [2.24, 2.45) is 17.8 Å². The summed E-state index contributed by atoms with van der Waals surface area (Å²) in [5, 5.41) is 0. The van der Waals surface area contributed by atoms with Gasteiger partial charge in [-0.15, -0.1) is 24.3 Å². The van der Waals surface area contributed by atoms with Gasteiger partial charge in [-0.25, -0.2) is 47.9 Å². The summed E-state index contributed by atoms with van der Waals surface area (Å²) in [5.74, 6) is 2.03. The SMILES string of the molecule is CC1=[C-]C2C=CC=CC2C1.CC1=[C-]c2ccc(C)[c-]c2C1.Cc1[c-]c2c(cc1)CC(C)[CH-]2.Cc1[c-]c2c(cc1)CCc1[c-]c(C)ccc1C2.[CH3-].[CH3-].[CH3-].[CH3-].[CH3-].[CH3-].[Y].[Y].[Y].[Y].[Y].[Y].[Y].[Y].[Y].[Y].[Y].[Y].[Y].[Y].[Y].[Y].[Y].[Y].[Y].[Y].[Y].[Y].[Y].[Y].[Y].[Y].[Y].[Y].[Y]. The summed E-state index contributed by atoms with van der Waals surface area (Å²) < 4.78 is 0. The van der Waals surface area contributed by atoms with Crippen molar-refractivity contribution in [3.63, 3.8) is 0 Å². The van der Waals surface area contributed by atoms with Crippen LogP contribution in [0.2, 0.25) is 0 Å². The smallest absolute Gasteiger partial charge is 0 e. The van der Waals surface area contributed by atoms with Gasteiger partial charge in [-0.05, 0) is 5.92 Å². The molecule has 0 saturated carbocycles. The Hall–Kier alpha value is 27.7. The van der Waals surface area contributed by atoms with Crippen LogP contribution >= 0.6 is 0 Å². The zero-order chi connectivity index (χ0) is 34.5. The number of hydrogen-bond acceptors (Lipinski definition) is 0. The quantitative estimate of drug-likeness (QED) is 0.154. The van der Waals surface area contributed by atoms with Crippen molar-refractivity contribution in [3.05, 3.63) is 238 Å². The van der Waals surface area contributed by atoms with E-state index in [4.69, 9.17) is 0 Å². The van der Waals surface area contributed by atoms with E-state index in [1.807, 2.05) is 0 Å². The van der Waals surface area contributed by atoms with Gasteiger partial charge in [0.15, 0.2) is 0 Å². The normalized spacial score (nSPS) is 11.7. The van der Waals surface area contributed by atoms with E-state index in [1.54, 1.807) is 0 Å². The van der Waals surface area contributed by atoms with Crippen LogP contribution in [-0.4, -0.2) is 0 Å². The second-order valence-corrected chi connectivity index (χ2v) is 14.6. The second-order valence-electron chi connectivity index (χ2n) is 14.6. The van der Waals surface area contributed by atoms with E-state index >= 15 is 0 Å². The number of aryl methyl sites for hydroxylation is 6. The molecule has 4 aromatic carbocycles. The van der Waals surface area contributed by atoms with Crippen LogP contribution in [0.25, 0.3) is 0 Å². The number of benzene rings is 4. The van der Waals surface area contributed by atoms with Crippen molar-refractivity contribution in [2.75, 3.05) is 0 Å². The Morgan fingerprint density at radius 3 is 1.17 bits per heavy atom. The summed E-state index contributed by atoms with van der Waals surface area (Å²) in [6.45, 7) is 14.9. The fourth-order valence-electron chi connectivity index (χ4n) is 7.42. The molecule has 3 unspecified atom stereocenters. The topological polar surface area (TPSA) is 0 Å². The average Bonchev–Trinajstić information content (AvgIpc) is 3.72. The molecule has 0 amide bonds. The van der Waals surface area contributed by atoms with Gasteiger partial charge in [-0.2, -0.15) is 80.9 Å². The first-order valence-corrected chi connectivity index (χ1v) is 18.0. The van der Waals surface area contributed by atoms with Crippen molar-refractivity contribution in [3.8, 4) is 0 Å². The minimum atomic E-state index is 0. The van der Waals surface area contributed by atoms with E-state index in [2.05, 4.69) is 164 Å². The molecule has 387 valence electrons. The summed E-state index contributed by atoms with van der Waals surface area (Å²) in [5.41, 5.74) is 18.7. The van der Waals surface area contributed by atoms with Gasteiger partial charge in [0.25, 0.3) is 0 Å². The van der Waals surface area contributed by atoms with Crippen molar-refractivity contribution in [2.45, 2.75) is 87.0 Å². The number of allylic oxidation sites excluding steroid dienone is 7. The van der Waals surface area contributed by atoms with Crippen molar-refractivity contribution >= 4 is 0 Å². The Labute approximate surface area is 1250 Å². The first kappa shape index (κ1) is 205. The molecule has 29 heteroatoms. The van der Waals surface area contributed by atoms with Gasteiger partial charge >= 0.3 is 0 Å². The summed E-state index contributed by atoms with van der Waals surface area (Å²) in [6, 6.07) is 31.1. The number of rotatable bonds is 0. The first-order chi connectivity index (χ1) is 23.6. The maximum absolute atomic E-state index is 3.51. The molecule has 5 aliphatic carbocycles. The molecule has 84 heavy (non-hydrogen) atoms. The van der Waals surface area contributed by atoms with E-state index < -0.39 is 0 Å². The fourth-order valence-corrected chi connectivity index (χ4v) is 7.42. The monoisotopic (exact) mass is 3310 g/mol. The minimum absolute atomic E-state index is 0. The van der Waals surface area contributed by atoms with Crippen LogP contribution in [0.5, 0.6) is 0 Å². The van der Waals surface area contributed by atoms with Crippen molar-refractivity contribution in [1.29, 1.82) is 0 Å². The Kier molecular flexibility index (Phi) is 303. The molecule has 0 N–H and O–H groups in total. The van der Waals surface area contributed by atoms with Gasteiger partial charge in [-0.1, -0.05) is 98.8 Å². The molecule has 0 saturated heterocycles. The Morgan fingerprint density at radius 1 is 0.357 bits per heavy atom. The third-order valence-corrected chi connectivity index (χ3v) is 9.92. The predicted molar refractivity (Wildman–Crippen MR) is 243 cm³/mol. The van der Waals surface area contributed by atoms with Gasteiger partial charge in [0.2, 0.25) is 0 Å². The third-order valence-electron chi connectivity index (χ3n) is 9.92. The van der Waals surface area contributed by atoms with Crippen LogP contribution in [0.4, 0.5) is 0 Å². The molecule has 0 heterocycles. The standard InChI is InChI=1S/C17H16.C11H12.C11H10.C10H11.6CH3.29Y/c1-12-4-6-16-11-17-10-13(2)3-5-14(17)7-8-15(16)9-12;2*1-8-3-4-10-6-9(2)7-11(10)5-8;1-8-6-9-4-2-3-5-10(9)7-8;;;;;;;;;;;;;;;;;;;;;;;;;;;;;;;;;;;/h3-6H,7-8,11H2,1-2H3;3-4,7,9H,6H2,1-2H3;3-4H,7H2,1-2H3;2-5,9-10H,6H2,1H3;6*1H3;;;;;;;;;;;;;;;;;;;;;;;;;;;;;/q3*-2;7*-1;;;;;;;;;;;;;;;;;;;;;;;;;;;;;. The fraction of sp³-hybridized carbons (Fsp3) is 0.291. The van der Waals surface area contributed by atoms with E-state index in [1.165, 1.54) is 90.7 Å². The van der Waals surface area contributed by atoms with Gasteiger partial charge in [0.05, 0.1) is 0 Å². The first-order valence-electron chi connectivity index (χ1n) is 18.0. The van der Waals surface area contributed by atoms with Gasteiger partial charge < -0.3 is 56.2 Å². The molecule has 0 aliphatic heterocycles. The van der Waals surface area contributed by atoms with Crippen LogP contribution in [0.15, 0.2) is 84.0 Å². The molecular formula is C55H67Y29-13. The van der Waals surface area contributed by atoms with Gasteiger partial charge in [-0.3, -0.25) is 28.8 Å². The number of fused-ring (bicyclic) bond motifs is 5. The van der Waals surface area contributed by atoms with Crippen LogP contribution in [0.3, 0.4) is 0 Å². The molecule has 4 aromatic rings. The Morgan fingerprint density at radius 2 is 0.726 bits per heavy atom. The molecule has 29 radical (unpaired) electrons. The molecule has 3 atom stereocenters. The Balaban J connectivity index is -0.0000000147. The van der Waals surface area contributed by atoms with Gasteiger partial charge in [0, 0.05) is 949 Å². The average molecular weight is 3310 g/mol.